The Bertz CT molecular complexity index is 689. The van der Waals surface area contributed by atoms with Gasteiger partial charge in [-0.2, -0.15) is 0 Å². The normalized spacial score (nSPS) is 14.6. The second-order valence-electron chi connectivity index (χ2n) is 5.23. The molecule has 114 valence electrons. The first-order chi connectivity index (χ1) is 10.7. The van der Waals surface area contributed by atoms with Crippen molar-refractivity contribution in [2.75, 3.05) is 32.5 Å². The van der Waals surface area contributed by atoms with Crippen LogP contribution in [0.25, 0.3) is 0 Å². The van der Waals surface area contributed by atoms with Crippen LogP contribution in [0, 0.1) is 11.8 Å². The van der Waals surface area contributed by atoms with E-state index in [0.717, 1.165) is 43.8 Å². The minimum absolute atomic E-state index is 0.691. The van der Waals surface area contributed by atoms with E-state index < -0.39 is 0 Å². The molecule has 0 radical (unpaired) electrons. The first-order valence-electron chi connectivity index (χ1n) is 7.34. The molecule has 0 atom stereocenters. The number of nitrogens with two attached hydrogens (primary N) is 1. The van der Waals surface area contributed by atoms with Crippen LogP contribution in [0.1, 0.15) is 16.1 Å². The van der Waals surface area contributed by atoms with E-state index in [-0.39, 0.29) is 0 Å². The zero-order valence-electron chi connectivity index (χ0n) is 12.6. The summed E-state index contributed by atoms with van der Waals surface area (Å²) in [5, 5.41) is 0.691. The number of hydrogen-bond donors (Lipinski definition) is 1. The van der Waals surface area contributed by atoms with Gasteiger partial charge in [0.05, 0.1) is 19.3 Å². The third-order valence-electron chi connectivity index (χ3n) is 3.72. The van der Waals surface area contributed by atoms with E-state index in [1.807, 2.05) is 24.3 Å². The number of thiazole rings is 1. The Morgan fingerprint density at radius 2 is 2.23 bits per heavy atom. The topological polar surface area (TPSA) is 51.4 Å². The molecule has 0 bridgehead atoms. The molecule has 0 saturated heterocycles. The van der Waals surface area contributed by atoms with Gasteiger partial charge in [0.1, 0.15) is 5.75 Å². The number of aromatic nitrogens is 1. The van der Waals surface area contributed by atoms with Crippen LogP contribution < -0.4 is 10.5 Å². The van der Waals surface area contributed by atoms with Crippen LogP contribution in [-0.2, 0) is 12.8 Å². The lowest BCUT2D eigenvalue weighted by molar-refractivity contribution is 0.323. The molecule has 1 aliphatic heterocycles. The highest BCUT2D eigenvalue weighted by atomic mass is 32.1. The zero-order valence-corrected chi connectivity index (χ0v) is 13.4. The maximum atomic E-state index is 5.77. The van der Waals surface area contributed by atoms with Gasteiger partial charge in [-0.25, -0.2) is 4.98 Å². The second-order valence-corrected chi connectivity index (χ2v) is 6.35. The molecule has 0 amide bonds. The van der Waals surface area contributed by atoms with Crippen molar-refractivity contribution in [2.45, 2.75) is 12.8 Å². The Balaban J connectivity index is 1.59. The van der Waals surface area contributed by atoms with Crippen molar-refractivity contribution < 1.29 is 4.74 Å². The molecular formula is C17H19N3OS. The average molecular weight is 313 g/mol. The molecule has 1 aromatic heterocycles. The number of nitrogens with zero attached hydrogens (tertiary/aromatic N) is 2. The zero-order chi connectivity index (χ0) is 15.4. The predicted molar refractivity (Wildman–Crippen MR) is 90.2 cm³/mol. The van der Waals surface area contributed by atoms with E-state index in [4.69, 9.17) is 10.5 Å². The van der Waals surface area contributed by atoms with Crippen LogP contribution in [0.4, 0.5) is 5.13 Å². The van der Waals surface area contributed by atoms with E-state index in [1.54, 1.807) is 18.4 Å². The first-order valence-corrected chi connectivity index (χ1v) is 8.15. The van der Waals surface area contributed by atoms with Crippen molar-refractivity contribution >= 4 is 16.5 Å². The van der Waals surface area contributed by atoms with Crippen molar-refractivity contribution in [3.8, 4) is 17.6 Å². The predicted octanol–water partition coefficient (Wildman–Crippen LogP) is 2.19. The lowest BCUT2D eigenvalue weighted by atomic mass is 10.2. The Hall–Kier alpha value is -2.03. The molecular weight excluding hydrogens is 294 g/mol. The van der Waals surface area contributed by atoms with Crippen molar-refractivity contribution in [2.24, 2.45) is 0 Å². The van der Waals surface area contributed by atoms with Gasteiger partial charge in [0.25, 0.3) is 0 Å². The van der Waals surface area contributed by atoms with Gasteiger partial charge in [-0.15, -0.1) is 11.3 Å². The highest BCUT2D eigenvalue weighted by molar-refractivity contribution is 7.15. The number of fused-ring (bicyclic) bond motifs is 1. The number of anilines is 1. The molecule has 22 heavy (non-hydrogen) atoms. The molecule has 2 N–H and O–H groups in total. The number of ether oxygens (including phenoxy) is 1. The van der Waals surface area contributed by atoms with E-state index in [0.29, 0.717) is 5.13 Å². The summed E-state index contributed by atoms with van der Waals surface area (Å²) in [5.41, 5.74) is 7.93. The highest BCUT2D eigenvalue weighted by Gasteiger charge is 2.16. The lowest BCUT2D eigenvalue weighted by Crippen LogP contribution is -2.26. The Labute approximate surface area is 134 Å². The summed E-state index contributed by atoms with van der Waals surface area (Å²) >= 11 is 1.62. The van der Waals surface area contributed by atoms with Crippen LogP contribution in [0.2, 0.25) is 0 Å². The molecule has 0 unspecified atom stereocenters. The molecule has 2 aromatic rings. The molecule has 4 nitrogen and oxygen atoms in total. The summed E-state index contributed by atoms with van der Waals surface area (Å²) in [6.45, 7) is 2.78. The molecule has 1 aliphatic rings. The largest absolute Gasteiger partial charge is 0.497 e. The molecule has 0 fully saturated rings. The summed E-state index contributed by atoms with van der Waals surface area (Å²) < 4.78 is 5.21. The van der Waals surface area contributed by atoms with Crippen LogP contribution >= 0.6 is 11.3 Å². The van der Waals surface area contributed by atoms with Crippen molar-refractivity contribution in [3.05, 3.63) is 40.4 Å². The van der Waals surface area contributed by atoms with Crippen LogP contribution in [0.15, 0.2) is 24.3 Å². The molecule has 5 heteroatoms. The van der Waals surface area contributed by atoms with Gasteiger partial charge >= 0.3 is 0 Å². The third kappa shape index (κ3) is 3.59. The van der Waals surface area contributed by atoms with E-state index in [2.05, 4.69) is 21.7 Å². The van der Waals surface area contributed by atoms with Crippen LogP contribution in [0.5, 0.6) is 5.75 Å². The summed E-state index contributed by atoms with van der Waals surface area (Å²) in [4.78, 5) is 8.12. The quantitative estimate of drug-likeness (QED) is 0.864. The van der Waals surface area contributed by atoms with Gasteiger partial charge in [-0.3, -0.25) is 4.90 Å². The van der Waals surface area contributed by atoms with Crippen molar-refractivity contribution in [1.29, 1.82) is 0 Å². The van der Waals surface area contributed by atoms with Gasteiger partial charge in [-0.05, 0) is 24.6 Å². The van der Waals surface area contributed by atoms with Gasteiger partial charge < -0.3 is 10.5 Å². The number of rotatable bonds is 2. The van der Waals surface area contributed by atoms with Gasteiger partial charge in [0, 0.05) is 30.0 Å². The fourth-order valence-electron chi connectivity index (χ4n) is 2.54. The van der Waals surface area contributed by atoms with E-state index in [9.17, 15) is 0 Å². The van der Waals surface area contributed by atoms with Crippen molar-refractivity contribution in [3.63, 3.8) is 0 Å². The molecule has 3 rings (SSSR count). The Morgan fingerprint density at radius 3 is 3.09 bits per heavy atom. The summed E-state index contributed by atoms with van der Waals surface area (Å²) in [6, 6.07) is 7.85. The van der Waals surface area contributed by atoms with E-state index in [1.165, 1.54) is 10.6 Å². The molecule has 1 aromatic carbocycles. The number of nitrogen functional groups attached to an aromatic ring is 1. The molecule has 0 saturated carbocycles. The highest BCUT2D eigenvalue weighted by Crippen LogP contribution is 2.23. The SMILES string of the molecule is COc1cccc(C#CCN2CCc3nc(N)sc3CC2)c1. The average Bonchev–Trinajstić information content (AvgIpc) is 2.79. The second kappa shape index (κ2) is 6.82. The number of benzene rings is 1. The minimum Gasteiger partial charge on any atom is -0.497 e. The van der Waals surface area contributed by atoms with Crippen LogP contribution in [0.3, 0.4) is 0 Å². The Morgan fingerprint density at radius 1 is 1.36 bits per heavy atom. The molecule has 2 heterocycles. The van der Waals surface area contributed by atoms with Crippen molar-refractivity contribution in [1.82, 2.24) is 9.88 Å². The Kier molecular flexibility index (Phi) is 4.62. The van der Waals surface area contributed by atoms with Crippen LogP contribution in [-0.4, -0.2) is 36.6 Å². The van der Waals surface area contributed by atoms with Gasteiger partial charge in [-0.1, -0.05) is 17.9 Å². The third-order valence-corrected chi connectivity index (χ3v) is 4.71. The summed E-state index contributed by atoms with van der Waals surface area (Å²) in [6.07, 6.45) is 1.98. The first kappa shape index (κ1) is 14.9. The lowest BCUT2D eigenvalue weighted by Gasteiger charge is -2.15. The van der Waals surface area contributed by atoms with Gasteiger partial charge in [0.15, 0.2) is 5.13 Å². The number of hydrogen-bond acceptors (Lipinski definition) is 5. The number of methoxy groups -OCH3 is 1. The summed E-state index contributed by atoms with van der Waals surface area (Å²) in [7, 11) is 1.67. The fourth-order valence-corrected chi connectivity index (χ4v) is 3.41. The maximum absolute atomic E-state index is 5.77. The molecule has 0 spiro atoms. The fraction of sp³-hybridized carbons (Fsp3) is 0.353. The standard InChI is InChI=1S/C17H19N3OS/c1-21-14-6-2-4-13(12-14)5-3-9-20-10-7-15-16(8-11-20)22-17(18)19-15/h2,4,6,12H,7-11H2,1H3,(H2,18,19). The minimum atomic E-state index is 0.691. The summed E-state index contributed by atoms with van der Waals surface area (Å²) in [5.74, 6) is 7.31. The van der Waals surface area contributed by atoms with E-state index >= 15 is 0 Å². The smallest absolute Gasteiger partial charge is 0.180 e. The maximum Gasteiger partial charge on any atom is 0.180 e. The van der Waals surface area contributed by atoms with Gasteiger partial charge in [0.2, 0.25) is 0 Å². The molecule has 0 aliphatic carbocycles. The monoisotopic (exact) mass is 313 g/mol.